The van der Waals surface area contributed by atoms with Gasteiger partial charge < -0.3 is 20.6 Å². The molecule has 0 saturated heterocycles. The van der Waals surface area contributed by atoms with Gasteiger partial charge in [0, 0.05) is 0 Å². The largest absolute Gasteiger partial charge is 0.506 e. The van der Waals surface area contributed by atoms with E-state index in [-0.39, 0.29) is 13.2 Å². The van der Waals surface area contributed by atoms with Crippen molar-refractivity contribution < 1.29 is 19.5 Å². The Kier molecular flexibility index (Phi) is 8.48. The second kappa shape index (κ2) is 7.61. The van der Waals surface area contributed by atoms with Gasteiger partial charge in [-0.1, -0.05) is 19.6 Å². The molecule has 13 heavy (non-hydrogen) atoms. The van der Waals surface area contributed by atoms with Crippen LogP contribution in [0.5, 0.6) is 5.75 Å². The van der Waals surface area contributed by atoms with Gasteiger partial charge in [-0.05, 0) is 12.1 Å². The number of hydrogen-bond donors (Lipinski definition) is 4. The lowest BCUT2D eigenvalue weighted by Crippen LogP contribution is -1.82. The van der Waals surface area contributed by atoms with E-state index >= 15 is 0 Å². The van der Waals surface area contributed by atoms with Gasteiger partial charge in [0.05, 0.1) is 5.69 Å². The van der Waals surface area contributed by atoms with Crippen LogP contribution in [0.2, 0.25) is 0 Å². The predicted octanol–water partition coefficient (Wildman–Crippen LogP) is 0.971. The van der Waals surface area contributed by atoms with Gasteiger partial charge in [-0.25, -0.2) is 0 Å². The number of hydrogen-bond acceptors (Lipinski definition) is 3. The number of benzene rings is 1. The molecule has 0 radical (unpaired) electrons. The Morgan fingerprint density at radius 3 is 1.85 bits per heavy atom. The Balaban J connectivity index is 0. The molecular weight excluding hydrogens is 193 g/mol. The number of rotatable bonds is 0. The van der Waals surface area contributed by atoms with Gasteiger partial charge in [-0.3, -0.25) is 4.57 Å². The van der Waals surface area contributed by atoms with Gasteiger partial charge >= 0.3 is 8.25 Å². The number of phenols is 1. The van der Waals surface area contributed by atoms with Crippen LogP contribution in [0, 0.1) is 0 Å². The fourth-order valence-corrected chi connectivity index (χ4v) is 0.488. The second-order valence-electron chi connectivity index (χ2n) is 1.84. The van der Waals surface area contributed by atoms with E-state index in [0.717, 1.165) is 0 Å². The van der Waals surface area contributed by atoms with Crippen molar-refractivity contribution in [2.75, 3.05) is 5.73 Å². The van der Waals surface area contributed by atoms with Gasteiger partial charge in [0.25, 0.3) is 0 Å². The maximum Gasteiger partial charge on any atom is 0.314 e. The van der Waals surface area contributed by atoms with E-state index in [1.165, 1.54) is 0 Å². The first kappa shape index (κ1) is 14.5. The molecule has 0 atom stereocenters. The Bertz CT molecular complexity index is 241. The molecule has 0 amide bonds. The van der Waals surface area contributed by atoms with E-state index in [1.807, 2.05) is 0 Å². The van der Waals surface area contributed by atoms with E-state index < -0.39 is 8.25 Å². The summed E-state index contributed by atoms with van der Waals surface area (Å²) in [5, 5.41) is 8.79. The number of nitrogen functional groups attached to an aromatic ring is 1. The summed E-state index contributed by atoms with van der Waals surface area (Å²) in [6.45, 7) is 0. The molecule has 0 aromatic heterocycles. The van der Waals surface area contributed by atoms with E-state index in [1.54, 1.807) is 24.3 Å². The average molecular weight is 207 g/mol. The summed E-state index contributed by atoms with van der Waals surface area (Å²) in [6, 6.07) is 6.70. The molecule has 0 fully saturated rings. The van der Waals surface area contributed by atoms with Crippen molar-refractivity contribution in [3.8, 4) is 5.75 Å². The van der Waals surface area contributed by atoms with Crippen molar-refractivity contribution in [2.45, 2.75) is 7.43 Å². The minimum absolute atomic E-state index is 0. The van der Waals surface area contributed by atoms with Crippen molar-refractivity contribution in [1.29, 1.82) is 0 Å². The quantitative estimate of drug-likeness (QED) is 0.288. The van der Waals surface area contributed by atoms with Gasteiger partial charge in [-0.15, -0.1) is 0 Å². The lowest BCUT2D eigenvalue weighted by molar-refractivity contribution is 0.405. The van der Waals surface area contributed by atoms with E-state index in [2.05, 4.69) is 0 Å². The number of aromatic hydroxyl groups is 1. The maximum atomic E-state index is 8.79. The highest BCUT2D eigenvalue weighted by Crippen LogP contribution is 2.16. The minimum Gasteiger partial charge on any atom is -0.506 e. The third-order valence-corrected chi connectivity index (χ3v) is 0.937. The highest BCUT2D eigenvalue weighted by Gasteiger charge is 1.87. The first-order valence-electron chi connectivity index (χ1n) is 2.99. The molecule has 0 aliphatic rings. The van der Waals surface area contributed by atoms with Crippen molar-refractivity contribution in [3.63, 3.8) is 0 Å². The summed E-state index contributed by atoms with van der Waals surface area (Å²) in [4.78, 5) is 14.3. The molecule has 0 unspecified atom stereocenters. The lowest BCUT2D eigenvalue weighted by Gasteiger charge is -1.92. The Morgan fingerprint density at radius 1 is 1.23 bits per heavy atom. The van der Waals surface area contributed by atoms with Crippen LogP contribution in [-0.4, -0.2) is 14.9 Å². The summed E-state index contributed by atoms with van der Waals surface area (Å²) in [6.07, 6.45) is 0. The average Bonchev–Trinajstić information content (AvgIpc) is 1.94. The number of anilines is 1. The third-order valence-electron chi connectivity index (χ3n) is 0.937. The molecule has 76 valence electrons. The van der Waals surface area contributed by atoms with Gasteiger partial charge in [0.15, 0.2) is 0 Å². The minimum atomic E-state index is -3.13. The zero-order chi connectivity index (χ0) is 9.56. The summed E-state index contributed by atoms with van der Waals surface area (Å²) < 4.78 is 8.74. The molecule has 5 N–H and O–H groups in total. The van der Waals surface area contributed by atoms with Crippen molar-refractivity contribution in [1.82, 2.24) is 0 Å². The number of para-hydroxylation sites is 2. The van der Waals surface area contributed by atoms with Crippen LogP contribution in [0.15, 0.2) is 24.3 Å². The van der Waals surface area contributed by atoms with Gasteiger partial charge in [0.2, 0.25) is 0 Å². The molecule has 0 aliphatic carbocycles. The van der Waals surface area contributed by atoms with E-state index in [0.29, 0.717) is 5.69 Å². The van der Waals surface area contributed by atoms with Crippen molar-refractivity contribution >= 4 is 13.9 Å². The normalized spacial score (nSPS) is 8.23. The van der Waals surface area contributed by atoms with Crippen molar-refractivity contribution in [2.24, 2.45) is 0 Å². The van der Waals surface area contributed by atoms with Crippen LogP contribution in [0.1, 0.15) is 7.43 Å². The van der Waals surface area contributed by atoms with E-state index in [9.17, 15) is 0 Å². The third kappa shape index (κ3) is 8.88. The zero-order valence-electron chi connectivity index (χ0n) is 6.14. The molecule has 0 aliphatic heterocycles. The maximum absolute atomic E-state index is 8.79. The number of phenolic OH excluding ortho intramolecular Hbond substituents is 1. The molecule has 1 aromatic rings. The van der Waals surface area contributed by atoms with Gasteiger partial charge in [0.1, 0.15) is 5.75 Å². The summed E-state index contributed by atoms with van der Waals surface area (Å²) in [5.74, 6) is 0.146. The summed E-state index contributed by atoms with van der Waals surface area (Å²) in [7, 11) is -3.13. The topological polar surface area (TPSA) is 104 Å². The fraction of sp³-hybridized carbons (Fsp3) is 0.143. The fourth-order valence-electron chi connectivity index (χ4n) is 0.488. The number of nitrogens with two attached hydrogens (primary N) is 1. The SMILES string of the molecule is C.Nc1ccccc1O.O=[PH](O)O. The Morgan fingerprint density at radius 2 is 1.62 bits per heavy atom. The zero-order valence-corrected chi connectivity index (χ0v) is 7.14. The monoisotopic (exact) mass is 207 g/mol. The lowest BCUT2D eigenvalue weighted by atomic mass is 10.3. The highest BCUT2D eigenvalue weighted by atomic mass is 31.1. The smallest absolute Gasteiger partial charge is 0.314 e. The van der Waals surface area contributed by atoms with Crippen LogP contribution in [0.25, 0.3) is 0 Å². The van der Waals surface area contributed by atoms with Gasteiger partial charge in [-0.2, -0.15) is 0 Å². The molecule has 5 nitrogen and oxygen atoms in total. The van der Waals surface area contributed by atoms with Crippen LogP contribution in [0.3, 0.4) is 0 Å². The van der Waals surface area contributed by atoms with Crippen LogP contribution >= 0.6 is 8.25 Å². The molecule has 0 bridgehead atoms. The molecule has 1 rings (SSSR count). The van der Waals surface area contributed by atoms with E-state index in [4.69, 9.17) is 25.2 Å². The first-order chi connectivity index (χ1) is 5.54. The standard InChI is InChI=1S/C6H7NO.CH4.H3O3P/c7-5-3-1-2-4-6(5)8;;1-4(2)3/h1-4,8H,7H2;1H4;4H,(H2,1,2,3). The molecular formula is C7H14NO4P. The molecule has 0 saturated carbocycles. The summed E-state index contributed by atoms with van der Waals surface area (Å²) in [5.41, 5.74) is 5.69. The molecule has 0 heterocycles. The first-order valence-corrected chi connectivity index (χ1v) is 4.29. The Hall–Kier alpha value is -1.03. The van der Waals surface area contributed by atoms with Crippen LogP contribution < -0.4 is 5.73 Å². The van der Waals surface area contributed by atoms with Crippen molar-refractivity contribution in [3.05, 3.63) is 24.3 Å². The molecule has 0 spiro atoms. The summed E-state index contributed by atoms with van der Waals surface area (Å²) >= 11 is 0. The second-order valence-corrected chi connectivity index (χ2v) is 2.41. The highest BCUT2D eigenvalue weighted by molar-refractivity contribution is 7.30. The Labute approximate surface area is 77.4 Å². The van der Waals surface area contributed by atoms with Crippen LogP contribution in [-0.2, 0) is 4.57 Å². The predicted molar refractivity (Wildman–Crippen MR) is 52.7 cm³/mol. The van der Waals surface area contributed by atoms with Crippen LogP contribution in [0.4, 0.5) is 5.69 Å². The molecule has 1 aromatic carbocycles. The molecule has 6 heteroatoms.